The Hall–Kier alpha value is -1.06. The third-order valence-corrected chi connectivity index (χ3v) is 4.83. The molecular weight excluding hydrogens is 467 g/mol. The summed E-state index contributed by atoms with van der Waals surface area (Å²) in [6, 6.07) is 8.78. The number of aliphatic imine (C=N–C) groups is 1. The molecule has 7 heteroatoms. The normalized spacial score (nSPS) is 17.2. The van der Waals surface area contributed by atoms with Crippen molar-refractivity contribution >= 4 is 29.9 Å². The number of hydrogen-bond acceptors (Lipinski definition) is 4. The summed E-state index contributed by atoms with van der Waals surface area (Å²) < 4.78 is 10.8. The Labute approximate surface area is 187 Å². The van der Waals surface area contributed by atoms with E-state index in [0.29, 0.717) is 19.2 Å². The maximum Gasteiger partial charge on any atom is 0.191 e. The molecule has 1 aliphatic rings. The Morgan fingerprint density at radius 1 is 1.25 bits per heavy atom. The van der Waals surface area contributed by atoms with Gasteiger partial charge >= 0.3 is 0 Å². The van der Waals surface area contributed by atoms with Gasteiger partial charge in [0.05, 0.1) is 13.2 Å². The number of likely N-dealkylation sites (tertiary alicyclic amines) is 1. The van der Waals surface area contributed by atoms with Crippen LogP contribution < -0.4 is 15.4 Å². The summed E-state index contributed by atoms with van der Waals surface area (Å²) in [6.45, 7) is 10.5. The first-order chi connectivity index (χ1) is 13.3. The van der Waals surface area contributed by atoms with E-state index in [2.05, 4.69) is 41.5 Å². The molecule has 0 aromatic heterocycles. The smallest absolute Gasteiger partial charge is 0.191 e. The summed E-state index contributed by atoms with van der Waals surface area (Å²) in [5.41, 5.74) is 1.15. The zero-order valence-electron chi connectivity index (χ0n) is 17.6. The molecule has 1 atom stereocenters. The quantitative estimate of drug-likeness (QED) is 0.210. The Morgan fingerprint density at radius 2 is 2.11 bits per heavy atom. The molecule has 28 heavy (non-hydrogen) atoms. The van der Waals surface area contributed by atoms with E-state index in [1.54, 1.807) is 7.11 Å². The standard InChI is InChI=1S/C21H36N4O2.HI/c1-4-22-21(24-17-19-10-7-12-25(19)5-2)23-16-18-9-6-11-20(15-18)27-14-8-13-26-3;/h6,9,11,15,19H,4-5,7-8,10,12-14,16-17H2,1-3H3,(H2,22,23,24);1H. The van der Waals surface area contributed by atoms with Crippen molar-refractivity contribution < 1.29 is 9.47 Å². The van der Waals surface area contributed by atoms with Crippen LogP contribution in [0.3, 0.4) is 0 Å². The predicted molar refractivity (Wildman–Crippen MR) is 127 cm³/mol. The lowest BCUT2D eigenvalue weighted by Crippen LogP contribution is -2.44. The van der Waals surface area contributed by atoms with Crippen LogP contribution in [0.15, 0.2) is 29.3 Å². The molecule has 1 aromatic carbocycles. The van der Waals surface area contributed by atoms with Gasteiger partial charge in [-0.05, 0) is 50.6 Å². The summed E-state index contributed by atoms with van der Waals surface area (Å²) in [5.74, 6) is 1.77. The highest BCUT2D eigenvalue weighted by Gasteiger charge is 2.22. The van der Waals surface area contributed by atoms with E-state index in [1.165, 1.54) is 19.4 Å². The summed E-state index contributed by atoms with van der Waals surface area (Å²) in [5, 5.41) is 6.86. The highest BCUT2D eigenvalue weighted by molar-refractivity contribution is 14.0. The van der Waals surface area contributed by atoms with Crippen LogP contribution in [0.2, 0.25) is 0 Å². The third kappa shape index (κ3) is 8.96. The van der Waals surface area contributed by atoms with Crippen molar-refractivity contribution in [2.24, 2.45) is 4.99 Å². The van der Waals surface area contributed by atoms with Crippen LogP contribution in [0.25, 0.3) is 0 Å². The first-order valence-electron chi connectivity index (χ1n) is 10.2. The van der Waals surface area contributed by atoms with Gasteiger partial charge in [-0.2, -0.15) is 0 Å². The number of rotatable bonds is 11. The molecule has 0 aliphatic carbocycles. The summed E-state index contributed by atoms with van der Waals surface area (Å²) in [7, 11) is 1.71. The average molecular weight is 504 g/mol. The monoisotopic (exact) mass is 504 g/mol. The zero-order valence-corrected chi connectivity index (χ0v) is 19.9. The first kappa shape index (κ1) is 25.0. The molecule has 2 rings (SSSR count). The SMILES string of the molecule is CCNC(=NCc1cccc(OCCCOC)c1)NCC1CCCN1CC.I. The summed E-state index contributed by atoms with van der Waals surface area (Å²) >= 11 is 0. The Balaban J connectivity index is 0.00000392. The molecule has 2 N–H and O–H groups in total. The molecule has 1 aliphatic heterocycles. The molecule has 1 heterocycles. The fraction of sp³-hybridized carbons (Fsp3) is 0.667. The number of ether oxygens (including phenoxy) is 2. The number of methoxy groups -OCH3 is 1. The molecular formula is C21H37IN4O2. The minimum atomic E-state index is 0. The number of benzene rings is 1. The van der Waals surface area contributed by atoms with Crippen LogP contribution in [0, 0.1) is 0 Å². The molecule has 1 fully saturated rings. The second-order valence-corrected chi connectivity index (χ2v) is 6.84. The first-order valence-corrected chi connectivity index (χ1v) is 10.2. The van der Waals surface area contributed by atoms with Crippen molar-refractivity contribution in [3.63, 3.8) is 0 Å². The van der Waals surface area contributed by atoms with Gasteiger partial charge in [-0.15, -0.1) is 24.0 Å². The number of halogens is 1. The van der Waals surface area contributed by atoms with E-state index in [1.807, 2.05) is 12.1 Å². The van der Waals surface area contributed by atoms with Gasteiger partial charge in [0.1, 0.15) is 5.75 Å². The van der Waals surface area contributed by atoms with E-state index in [4.69, 9.17) is 14.5 Å². The van der Waals surface area contributed by atoms with E-state index in [9.17, 15) is 0 Å². The number of guanidine groups is 1. The summed E-state index contributed by atoms with van der Waals surface area (Å²) in [4.78, 5) is 7.29. The van der Waals surface area contributed by atoms with Crippen molar-refractivity contribution in [2.75, 3.05) is 46.5 Å². The third-order valence-electron chi connectivity index (χ3n) is 4.83. The van der Waals surface area contributed by atoms with Gasteiger partial charge < -0.3 is 20.1 Å². The minimum Gasteiger partial charge on any atom is -0.493 e. The maximum atomic E-state index is 5.78. The van der Waals surface area contributed by atoms with E-state index in [-0.39, 0.29) is 24.0 Å². The van der Waals surface area contributed by atoms with Gasteiger partial charge in [-0.1, -0.05) is 19.1 Å². The van der Waals surface area contributed by atoms with Gasteiger partial charge in [0.25, 0.3) is 0 Å². The van der Waals surface area contributed by atoms with Crippen LogP contribution in [-0.4, -0.2) is 63.4 Å². The molecule has 0 bridgehead atoms. The second kappa shape index (κ2) is 14.9. The topological polar surface area (TPSA) is 58.1 Å². The van der Waals surface area contributed by atoms with E-state index >= 15 is 0 Å². The van der Waals surface area contributed by atoms with Crippen LogP contribution >= 0.6 is 24.0 Å². The molecule has 0 amide bonds. The fourth-order valence-electron chi connectivity index (χ4n) is 3.40. The van der Waals surface area contributed by atoms with E-state index in [0.717, 1.165) is 49.9 Å². The van der Waals surface area contributed by atoms with Gasteiger partial charge in [0.15, 0.2) is 5.96 Å². The van der Waals surface area contributed by atoms with Crippen molar-refractivity contribution in [1.29, 1.82) is 0 Å². The van der Waals surface area contributed by atoms with Crippen molar-refractivity contribution in [1.82, 2.24) is 15.5 Å². The lowest BCUT2D eigenvalue weighted by molar-refractivity contribution is 0.172. The van der Waals surface area contributed by atoms with Crippen LogP contribution in [0.5, 0.6) is 5.75 Å². The van der Waals surface area contributed by atoms with Gasteiger partial charge in [0, 0.05) is 39.3 Å². The zero-order chi connectivity index (χ0) is 19.3. The lowest BCUT2D eigenvalue weighted by atomic mass is 10.2. The Morgan fingerprint density at radius 3 is 2.86 bits per heavy atom. The molecule has 1 unspecified atom stereocenters. The van der Waals surface area contributed by atoms with Crippen LogP contribution in [0.1, 0.15) is 38.7 Å². The maximum absolute atomic E-state index is 5.78. The highest BCUT2D eigenvalue weighted by Crippen LogP contribution is 2.16. The number of nitrogens with one attached hydrogen (secondary N) is 2. The minimum absolute atomic E-state index is 0. The number of hydrogen-bond donors (Lipinski definition) is 2. The predicted octanol–water partition coefficient (Wildman–Crippen LogP) is 3.26. The molecule has 1 aromatic rings. The highest BCUT2D eigenvalue weighted by atomic mass is 127. The Bertz CT molecular complexity index is 571. The molecule has 0 radical (unpaired) electrons. The molecule has 0 saturated carbocycles. The largest absolute Gasteiger partial charge is 0.493 e. The number of nitrogens with zero attached hydrogens (tertiary/aromatic N) is 2. The molecule has 6 nitrogen and oxygen atoms in total. The second-order valence-electron chi connectivity index (χ2n) is 6.84. The van der Waals surface area contributed by atoms with Crippen molar-refractivity contribution in [3.8, 4) is 5.75 Å². The average Bonchev–Trinajstić information content (AvgIpc) is 3.15. The fourth-order valence-corrected chi connectivity index (χ4v) is 3.40. The van der Waals surface area contributed by atoms with Crippen LogP contribution in [0.4, 0.5) is 0 Å². The summed E-state index contributed by atoms with van der Waals surface area (Å²) in [6.07, 6.45) is 3.46. The number of likely N-dealkylation sites (N-methyl/N-ethyl adjacent to an activating group) is 1. The van der Waals surface area contributed by atoms with Crippen LogP contribution in [-0.2, 0) is 11.3 Å². The Kier molecular flexibility index (Phi) is 13.3. The lowest BCUT2D eigenvalue weighted by Gasteiger charge is -2.24. The molecule has 0 spiro atoms. The van der Waals surface area contributed by atoms with Crippen molar-refractivity contribution in [3.05, 3.63) is 29.8 Å². The molecule has 160 valence electrons. The van der Waals surface area contributed by atoms with E-state index < -0.39 is 0 Å². The van der Waals surface area contributed by atoms with Crippen molar-refractivity contribution in [2.45, 2.75) is 45.7 Å². The molecule has 1 saturated heterocycles. The van der Waals surface area contributed by atoms with Gasteiger partial charge in [-0.3, -0.25) is 4.90 Å². The van der Waals surface area contributed by atoms with Gasteiger partial charge in [0.2, 0.25) is 0 Å². The van der Waals surface area contributed by atoms with Gasteiger partial charge in [-0.25, -0.2) is 4.99 Å².